The second kappa shape index (κ2) is 8.29. The molecule has 1 aromatic heterocycles. The molecule has 20 heavy (non-hydrogen) atoms. The number of hydrogen-bond acceptors (Lipinski definition) is 4. The Kier molecular flexibility index (Phi) is 6.69. The first-order chi connectivity index (χ1) is 9.52. The van der Waals surface area contributed by atoms with E-state index in [1.54, 1.807) is 18.3 Å². The highest BCUT2D eigenvalue weighted by Gasteiger charge is 2.11. The van der Waals surface area contributed by atoms with Crippen molar-refractivity contribution in [1.82, 2.24) is 14.8 Å². The lowest BCUT2D eigenvalue weighted by Gasteiger charge is -2.17. The van der Waals surface area contributed by atoms with E-state index in [2.05, 4.69) is 4.98 Å². The second-order valence-electron chi connectivity index (χ2n) is 4.71. The molecule has 0 saturated carbocycles. The largest absolute Gasteiger partial charge is 0.465 e. The Balaban J connectivity index is 2.62. The number of rotatable bonds is 7. The van der Waals surface area contributed by atoms with Crippen LogP contribution in [0.3, 0.4) is 0 Å². The maximum atomic E-state index is 11.2. The fourth-order valence-corrected chi connectivity index (χ4v) is 1.61. The molecule has 0 radical (unpaired) electrons. The molecule has 0 spiro atoms. The number of likely N-dealkylation sites (N-methyl/N-ethyl adjacent to an activating group) is 1. The van der Waals surface area contributed by atoms with E-state index < -0.39 is 6.09 Å². The van der Waals surface area contributed by atoms with Crippen LogP contribution in [0, 0.1) is 0 Å². The van der Waals surface area contributed by atoms with Gasteiger partial charge in [-0.15, -0.1) is 0 Å². The van der Waals surface area contributed by atoms with Crippen molar-refractivity contribution in [3.8, 4) is 0 Å². The standard InChI is InChI=1S/C14H21N3O3/c1-16(2)7-3-4-8-17(14(19)20)10-13-9-12(11-18)5-6-15-13/h3-6,9,18H,7-8,10-11H2,1-2H3,(H,19,20)/b4-3-. The fraction of sp³-hybridized carbons (Fsp3) is 0.429. The molecule has 0 unspecified atom stereocenters. The van der Waals surface area contributed by atoms with Crippen molar-refractivity contribution in [2.24, 2.45) is 0 Å². The van der Waals surface area contributed by atoms with Crippen LogP contribution in [0.1, 0.15) is 11.3 Å². The van der Waals surface area contributed by atoms with Gasteiger partial charge in [0, 0.05) is 19.3 Å². The van der Waals surface area contributed by atoms with Gasteiger partial charge in [0.05, 0.1) is 18.8 Å². The summed E-state index contributed by atoms with van der Waals surface area (Å²) in [5.74, 6) is 0. The van der Waals surface area contributed by atoms with E-state index in [4.69, 9.17) is 5.11 Å². The summed E-state index contributed by atoms with van der Waals surface area (Å²) in [7, 11) is 3.90. The highest BCUT2D eigenvalue weighted by molar-refractivity contribution is 5.65. The van der Waals surface area contributed by atoms with E-state index in [0.29, 0.717) is 12.2 Å². The maximum Gasteiger partial charge on any atom is 0.407 e. The van der Waals surface area contributed by atoms with Gasteiger partial charge in [-0.05, 0) is 31.8 Å². The van der Waals surface area contributed by atoms with E-state index in [0.717, 1.165) is 12.1 Å². The van der Waals surface area contributed by atoms with Gasteiger partial charge < -0.3 is 15.1 Å². The maximum absolute atomic E-state index is 11.2. The lowest BCUT2D eigenvalue weighted by Crippen LogP contribution is -2.29. The molecule has 0 aliphatic carbocycles. The number of aromatic nitrogens is 1. The minimum Gasteiger partial charge on any atom is -0.465 e. The highest BCUT2D eigenvalue weighted by atomic mass is 16.4. The summed E-state index contributed by atoms with van der Waals surface area (Å²) in [5, 5.41) is 18.2. The fourth-order valence-electron chi connectivity index (χ4n) is 1.61. The van der Waals surface area contributed by atoms with Gasteiger partial charge in [0.15, 0.2) is 0 Å². The number of hydrogen-bond donors (Lipinski definition) is 2. The Labute approximate surface area is 119 Å². The predicted molar refractivity (Wildman–Crippen MR) is 76.3 cm³/mol. The molecule has 0 aliphatic heterocycles. The summed E-state index contributed by atoms with van der Waals surface area (Å²) >= 11 is 0. The van der Waals surface area contributed by atoms with Crippen LogP contribution in [-0.4, -0.2) is 58.3 Å². The van der Waals surface area contributed by atoms with Crippen LogP contribution in [0.4, 0.5) is 4.79 Å². The van der Waals surface area contributed by atoms with Crippen molar-refractivity contribution >= 4 is 6.09 Å². The van der Waals surface area contributed by atoms with E-state index >= 15 is 0 Å². The summed E-state index contributed by atoms with van der Waals surface area (Å²) in [4.78, 5) is 18.6. The van der Waals surface area contributed by atoms with Gasteiger partial charge in [0.1, 0.15) is 0 Å². The molecule has 1 heterocycles. The lowest BCUT2D eigenvalue weighted by molar-refractivity contribution is 0.147. The van der Waals surface area contributed by atoms with Gasteiger partial charge in [0.2, 0.25) is 0 Å². The molecule has 0 fully saturated rings. The third-order valence-electron chi connectivity index (χ3n) is 2.65. The molecule has 6 heteroatoms. The van der Waals surface area contributed by atoms with Crippen molar-refractivity contribution in [3.05, 3.63) is 41.7 Å². The Hall–Kier alpha value is -1.92. The van der Waals surface area contributed by atoms with Crippen molar-refractivity contribution in [2.75, 3.05) is 27.2 Å². The molecular formula is C14H21N3O3. The van der Waals surface area contributed by atoms with Crippen LogP contribution in [0.2, 0.25) is 0 Å². The Bertz CT molecular complexity index is 461. The van der Waals surface area contributed by atoms with Crippen molar-refractivity contribution in [2.45, 2.75) is 13.2 Å². The van der Waals surface area contributed by atoms with E-state index in [9.17, 15) is 9.90 Å². The van der Waals surface area contributed by atoms with Gasteiger partial charge in [-0.1, -0.05) is 12.2 Å². The molecule has 1 aromatic rings. The van der Waals surface area contributed by atoms with Crippen LogP contribution in [0.25, 0.3) is 0 Å². The number of aliphatic hydroxyl groups excluding tert-OH is 1. The smallest absolute Gasteiger partial charge is 0.407 e. The first-order valence-electron chi connectivity index (χ1n) is 6.35. The zero-order chi connectivity index (χ0) is 15.0. The molecular weight excluding hydrogens is 258 g/mol. The number of pyridine rings is 1. The third kappa shape index (κ3) is 5.81. The summed E-state index contributed by atoms with van der Waals surface area (Å²) in [6.07, 6.45) is 4.33. The second-order valence-corrected chi connectivity index (χ2v) is 4.71. The normalized spacial score (nSPS) is 11.2. The number of carboxylic acid groups (broad SMARTS) is 1. The third-order valence-corrected chi connectivity index (χ3v) is 2.65. The van der Waals surface area contributed by atoms with Crippen LogP contribution < -0.4 is 0 Å². The van der Waals surface area contributed by atoms with Gasteiger partial charge >= 0.3 is 6.09 Å². The van der Waals surface area contributed by atoms with Crippen molar-refractivity contribution < 1.29 is 15.0 Å². The molecule has 1 amide bonds. The van der Waals surface area contributed by atoms with Crippen molar-refractivity contribution in [1.29, 1.82) is 0 Å². The SMILES string of the molecule is CN(C)C/C=C\CN(Cc1cc(CO)ccn1)C(=O)O. The van der Waals surface area contributed by atoms with E-state index in [-0.39, 0.29) is 13.2 Å². The minimum absolute atomic E-state index is 0.0780. The average Bonchev–Trinajstić information content (AvgIpc) is 2.42. The molecule has 2 N–H and O–H groups in total. The first-order valence-corrected chi connectivity index (χ1v) is 6.35. The zero-order valence-electron chi connectivity index (χ0n) is 11.9. The molecule has 6 nitrogen and oxygen atoms in total. The zero-order valence-corrected chi connectivity index (χ0v) is 11.9. The van der Waals surface area contributed by atoms with E-state index in [1.165, 1.54) is 4.90 Å². The van der Waals surface area contributed by atoms with Gasteiger partial charge in [-0.25, -0.2) is 4.79 Å². The lowest BCUT2D eigenvalue weighted by atomic mass is 10.2. The van der Waals surface area contributed by atoms with Gasteiger partial charge in [-0.3, -0.25) is 9.88 Å². The topological polar surface area (TPSA) is 76.9 Å². The molecule has 1 rings (SSSR count). The number of amides is 1. The monoisotopic (exact) mass is 279 g/mol. The average molecular weight is 279 g/mol. The van der Waals surface area contributed by atoms with Crippen LogP contribution in [0.15, 0.2) is 30.5 Å². The summed E-state index contributed by atoms with van der Waals surface area (Å²) < 4.78 is 0. The van der Waals surface area contributed by atoms with Crippen LogP contribution in [-0.2, 0) is 13.2 Å². The first kappa shape index (κ1) is 16.1. The molecule has 110 valence electrons. The Morgan fingerprint density at radius 3 is 2.65 bits per heavy atom. The molecule has 0 aliphatic rings. The Morgan fingerprint density at radius 2 is 2.05 bits per heavy atom. The predicted octanol–water partition coefficient (Wildman–Crippen LogP) is 1.17. The van der Waals surface area contributed by atoms with E-state index in [1.807, 2.05) is 31.1 Å². The summed E-state index contributed by atoms with van der Waals surface area (Å²) in [6, 6.07) is 3.41. The van der Waals surface area contributed by atoms with Crippen LogP contribution in [0.5, 0.6) is 0 Å². The number of aliphatic hydroxyl groups is 1. The molecule has 0 saturated heterocycles. The molecule has 0 bridgehead atoms. The highest BCUT2D eigenvalue weighted by Crippen LogP contribution is 2.06. The van der Waals surface area contributed by atoms with Gasteiger partial charge in [0.25, 0.3) is 0 Å². The number of carbonyl (C=O) groups is 1. The van der Waals surface area contributed by atoms with Crippen LogP contribution >= 0.6 is 0 Å². The Morgan fingerprint density at radius 1 is 1.35 bits per heavy atom. The minimum atomic E-state index is -0.990. The quantitative estimate of drug-likeness (QED) is 0.733. The molecule has 0 aromatic carbocycles. The van der Waals surface area contributed by atoms with Crippen molar-refractivity contribution in [3.63, 3.8) is 0 Å². The number of nitrogens with zero attached hydrogens (tertiary/aromatic N) is 3. The summed E-state index contributed by atoms with van der Waals surface area (Å²) in [6.45, 7) is 1.21. The van der Waals surface area contributed by atoms with Gasteiger partial charge in [-0.2, -0.15) is 0 Å². The molecule has 0 atom stereocenters. The summed E-state index contributed by atoms with van der Waals surface area (Å²) in [5.41, 5.74) is 1.35.